The van der Waals surface area contributed by atoms with Gasteiger partial charge in [0.05, 0.1) is 5.92 Å². The van der Waals surface area contributed by atoms with E-state index in [1.807, 2.05) is 0 Å². The van der Waals surface area contributed by atoms with Crippen LogP contribution in [0.15, 0.2) is 0 Å². The third kappa shape index (κ3) is 1.64. The summed E-state index contributed by atoms with van der Waals surface area (Å²) in [7, 11) is 0. The summed E-state index contributed by atoms with van der Waals surface area (Å²) in [5, 5.41) is 0. The lowest BCUT2D eigenvalue weighted by Crippen LogP contribution is -1.93. The maximum atomic E-state index is 9.47. The summed E-state index contributed by atoms with van der Waals surface area (Å²) in [4.78, 5) is 18.9. The van der Waals surface area contributed by atoms with Crippen LogP contribution >= 0.6 is 0 Å². The summed E-state index contributed by atoms with van der Waals surface area (Å²) >= 11 is 0. The Bertz CT molecular complexity index is 50.6. The highest BCUT2D eigenvalue weighted by Gasteiger charge is 1.91. The summed E-state index contributed by atoms with van der Waals surface area (Å²) in [6.07, 6.45) is 2.05. The Morgan fingerprint density at radius 2 is 2.33 bits per heavy atom. The molecule has 6 heavy (non-hydrogen) atoms. The molecule has 0 aromatic carbocycles. The molecule has 0 aliphatic rings. The monoisotopic (exact) mass is 85.0 g/mol. The lowest BCUT2D eigenvalue weighted by Gasteiger charge is -1.76. The normalized spacial score (nSPS) is 8.33. The van der Waals surface area contributed by atoms with Gasteiger partial charge in [-0.2, -0.15) is 0 Å². The van der Waals surface area contributed by atoms with Crippen LogP contribution < -0.4 is 0 Å². The van der Waals surface area contributed by atoms with Crippen LogP contribution in [0.1, 0.15) is 6.92 Å². The van der Waals surface area contributed by atoms with Crippen molar-refractivity contribution < 1.29 is 9.59 Å². The highest BCUT2D eigenvalue weighted by atomic mass is 16.1. The first kappa shape index (κ1) is 5.34. The van der Waals surface area contributed by atoms with Crippen LogP contribution in [-0.4, -0.2) is 12.6 Å². The Labute approximate surface area is 36.2 Å². The molecule has 0 aliphatic carbocycles. The second-order valence-electron chi connectivity index (χ2n) is 1.04. The summed E-state index contributed by atoms with van der Waals surface area (Å²) in [6, 6.07) is 0. The van der Waals surface area contributed by atoms with Gasteiger partial charge in [0, 0.05) is 0 Å². The Morgan fingerprint density at radius 3 is 2.33 bits per heavy atom. The zero-order chi connectivity index (χ0) is 4.99. The van der Waals surface area contributed by atoms with Crippen LogP contribution in [0.25, 0.3) is 0 Å². The standard InChI is InChI=1S/C4H5O2/c1-4(2-5)3-6/h2,4H,1H3. The van der Waals surface area contributed by atoms with Gasteiger partial charge in [-0.15, -0.1) is 0 Å². The molecular formula is C4H5O2. The molecule has 0 aliphatic heterocycles. The molecule has 2 nitrogen and oxygen atoms in total. The zero-order valence-electron chi connectivity index (χ0n) is 3.47. The van der Waals surface area contributed by atoms with Crippen molar-refractivity contribution in [1.29, 1.82) is 0 Å². The van der Waals surface area contributed by atoms with E-state index in [0.717, 1.165) is 0 Å². The van der Waals surface area contributed by atoms with E-state index in [-0.39, 0.29) is 0 Å². The average molecular weight is 85.1 g/mol. The van der Waals surface area contributed by atoms with Crippen LogP contribution in [-0.2, 0) is 9.59 Å². The number of hydrogen-bond acceptors (Lipinski definition) is 2. The molecular weight excluding hydrogens is 80.0 g/mol. The van der Waals surface area contributed by atoms with E-state index in [9.17, 15) is 9.59 Å². The van der Waals surface area contributed by atoms with Gasteiger partial charge in [0.15, 0.2) is 0 Å². The zero-order valence-corrected chi connectivity index (χ0v) is 3.47. The minimum Gasteiger partial charge on any atom is -0.303 e. The fourth-order valence-corrected chi connectivity index (χ4v) is 0.0278. The van der Waals surface area contributed by atoms with Crippen molar-refractivity contribution >= 4 is 12.6 Å². The Balaban J connectivity index is 3.21. The van der Waals surface area contributed by atoms with Crippen LogP contribution in [0.3, 0.4) is 0 Å². The number of carbonyl (C=O) groups excluding carboxylic acids is 2. The molecule has 0 saturated carbocycles. The van der Waals surface area contributed by atoms with Crippen molar-refractivity contribution in [3.05, 3.63) is 0 Å². The molecule has 1 unspecified atom stereocenters. The predicted octanol–water partition coefficient (Wildman–Crippen LogP) is -0.0689. The minimum absolute atomic E-state index is 0.549. The van der Waals surface area contributed by atoms with E-state index >= 15 is 0 Å². The van der Waals surface area contributed by atoms with Gasteiger partial charge in [-0.05, 0) is 6.92 Å². The highest BCUT2D eigenvalue weighted by Crippen LogP contribution is 1.76. The molecule has 0 rings (SSSR count). The highest BCUT2D eigenvalue weighted by molar-refractivity contribution is 5.76. The van der Waals surface area contributed by atoms with E-state index in [2.05, 4.69) is 0 Å². The fraction of sp³-hybridized carbons (Fsp3) is 0.500. The SMILES string of the molecule is CC([C]=O)C=O. The van der Waals surface area contributed by atoms with Gasteiger partial charge in [0.2, 0.25) is 6.29 Å². The van der Waals surface area contributed by atoms with Crippen LogP contribution in [0.5, 0.6) is 0 Å². The summed E-state index contributed by atoms with van der Waals surface area (Å²) in [6.45, 7) is 1.49. The van der Waals surface area contributed by atoms with Crippen molar-refractivity contribution in [2.45, 2.75) is 6.92 Å². The smallest absolute Gasteiger partial charge is 0.208 e. The molecule has 0 spiro atoms. The summed E-state index contributed by atoms with van der Waals surface area (Å²) in [5.74, 6) is -0.551. The average Bonchev–Trinajstić information content (AvgIpc) is 1.65. The number of hydrogen-bond donors (Lipinski definition) is 0. The molecule has 0 saturated heterocycles. The molecule has 0 amide bonds. The van der Waals surface area contributed by atoms with Crippen molar-refractivity contribution in [2.75, 3.05) is 0 Å². The van der Waals surface area contributed by atoms with Crippen molar-refractivity contribution in [2.24, 2.45) is 5.92 Å². The third-order valence-electron chi connectivity index (χ3n) is 0.390. The van der Waals surface area contributed by atoms with E-state index in [0.29, 0.717) is 6.29 Å². The van der Waals surface area contributed by atoms with Gasteiger partial charge in [-0.25, -0.2) is 0 Å². The second kappa shape index (κ2) is 2.57. The summed E-state index contributed by atoms with van der Waals surface area (Å²) in [5.41, 5.74) is 0. The first-order valence-corrected chi connectivity index (χ1v) is 1.64. The third-order valence-corrected chi connectivity index (χ3v) is 0.390. The lowest BCUT2D eigenvalue weighted by atomic mass is 10.3. The van der Waals surface area contributed by atoms with Gasteiger partial charge >= 0.3 is 0 Å². The number of rotatable bonds is 2. The van der Waals surface area contributed by atoms with E-state index in [4.69, 9.17) is 0 Å². The Kier molecular flexibility index (Phi) is 2.29. The van der Waals surface area contributed by atoms with Gasteiger partial charge in [-0.3, -0.25) is 4.79 Å². The quantitative estimate of drug-likeness (QED) is 0.347. The lowest BCUT2D eigenvalue weighted by molar-refractivity contribution is -0.109. The molecule has 0 aromatic rings. The predicted molar refractivity (Wildman–Crippen MR) is 20.9 cm³/mol. The fourth-order valence-electron chi connectivity index (χ4n) is 0.0278. The first-order chi connectivity index (χ1) is 2.81. The van der Waals surface area contributed by atoms with Gasteiger partial charge in [-0.1, -0.05) is 0 Å². The van der Waals surface area contributed by atoms with Crippen LogP contribution in [0.4, 0.5) is 0 Å². The topological polar surface area (TPSA) is 34.1 Å². The second-order valence-corrected chi connectivity index (χ2v) is 1.04. The minimum atomic E-state index is -0.551. The molecule has 0 bridgehead atoms. The van der Waals surface area contributed by atoms with E-state index in [1.54, 1.807) is 0 Å². The summed E-state index contributed by atoms with van der Waals surface area (Å²) < 4.78 is 0. The molecule has 1 atom stereocenters. The molecule has 0 aromatic heterocycles. The van der Waals surface area contributed by atoms with Crippen molar-refractivity contribution in [3.63, 3.8) is 0 Å². The molecule has 0 heterocycles. The number of aldehydes is 1. The first-order valence-electron chi connectivity index (χ1n) is 1.64. The van der Waals surface area contributed by atoms with Gasteiger partial charge in [0.25, 0.3) is 0 Å². The van der Waals surface area contributed by atoms with Crippen molar-refractivity contribution in [1.82, 2.24) is 0 Å². The van der Waals surface area contributed by atoms with Gasteiger partial charge < -0.3 is 4.79 Å². The largest absolute Gasteiger partial charge is 0.303 e. The maximum Gasteiger partial charge on any atom is 0.208 e. The number of carbonyl (C=O) groups is 1. The maximum absolute atomic E-state index is 9.47. The molecule has 33 valence electrons. The molecule has 1 radical (unpaired) electrons. The molecule has 0 fully saturated rings. The van der Waals surface area contributed by atoms with Gasteiger partial charge in [0.1, 0.15) is 6.29 Å². The molecule has 2 heteroatoms. The van der Waals surface area contributed by atoms with E-state index < -0.39 is 5.92 Å². The van der Waals surface area contributed by atoms with E-state index in [1.165, 1.54) is 13.2 Å². The Morgan fingerprint density at radius 1 is 1.83 bits per heavy atom. The molecule has 0 N–H and O–H groups in total. The van der Waals surface area contributed by atoms with Crippen LogP contribution in [0.2, 0.25) is 0 Å². The Hall–Kier alpha value is -0.660. The van der Waals surface area contributed by atoms with Crippen LogP contribution in [0, 0.1) is 5.92 Å². The van der Waals surface area contributed by atoms with Crippen molar-refractivity contribution in [3.8, 4) is 0 Å².